The smallest absolute Gasteiger partial charge is 0.258 e. The summed E-state index contributed by atoms with van der Waals surface area (Å²) >= 11 is 0. The van der Waals surface area contributed by atoms with Crippen molar-refractivity contribution in [2.75, 3.05) is 13.6 Å². The Labute approximate surface area is 105 Å². The third kappa shape index (κ3) is 2.50. The van der Waals surface area contributed by atoms with Crippen molar-refractivity contribution in [2.24, 2.45) is 0 Å². The van der Waals surface area contributed by atoms with Crippen molar-refractivity contribution in [3.8, 4) is 12.3 Å². The second-order valence-electron chi connectivity index (χ2n) is 3.62. The fourth-order valence-corrected chi connectivity index (χ4v) is 2.78. The number of nitro benzene ring substituents is 1. The molecule has 6 nitrogen and oxygen atoms in total. The maximum Gasteiger partial charge on any atom is 0.273 e. The molecule has 1 rings (SSSR count). The summed E-state index contributed by atoms with van der Waals surface area (Å²) in [6.45, 7) is 1.30. The molecule has 7 heteroatoms. The Morgan fingerprint density at radius 3 is 2.61 bits per heavy atom. The molecular weight excluding hydrogens is 256 g/mol. The van der Waals surface area contributed by atoms with Gasteiger partial charge in [0, 0.05) is 18.7 Å². The Kier molecular flexibility index (Phi) is 4.06. The fourth-order valence-electron chi connectivity index (χ4n) is 1.46. The molecule has 0 N–H and O–H groups in total. The van der Waals surface area contributed by atoms with E-state index in [1.807, 2.05) is 0 Å². The Balaban J connectivity index is 3.40. The molecule has 0 radical (unpaired) electrons. The fraction of sp³-hybridized carbons (Fsp3) is 0.273. The number of nitrogens with zero attached hydrogens (tertiary/aromatic N) is 2. The molecular formula is C11H12N2O4S. The van der Waals surface area contributed by atoms with Crippen LogP contribution in [-0.2, 0) is 10.0 Å². The lowest BCUT2D eigenvalue weighted by Crippen LogP contribution is -2.28. The van der Waals surface area contributed by atoms with Gasteiger partial charge in [0.2, 0.25) is 10.0 Å². The topological polar surface area (TPSA) is 80.5 Å². The van der Waals surface area contributed by atoms with Crippen LogP contribution in [0.4, 0.5) is 5.69 Å². The molecule has 18 heavy (non-hydrogen) atoms. The second kappa shape index (κ2) is 5.16. The van der Waals surface area contributed by atoms with Gasteiger partial charge in [0.05, 0.1) is 16.4 Å². The summed E-state index contributed by atoms with van der Waals surface area (Å²) in [4.78, 5) is 10.0. The minimum atomic E-state index is -3.80. The molecule has 0 unspecified atom stereocenters. The average Bonchev–Trinajstić information content (AvgIpc) is 2.28. The Hall–Kier alpha value is -1.91. The number of terminal acetylenes is 1. The van der Waals surface area contributed by atoms with Gasteiger partial charge in [-0.25, -0.2) is 8.42 Å². The van der Waals surface area contributed by atoms with Crippen LogP contribution in [0.25, 0.3) is 0 Å². The number of hydrogen-bond acceptors (Lipinski definition) is 4. The van der Waals surface area contributed by atoms with Crippen LogP contribution in [-0.4, -0.2) is 31.2 Å². The number of nitro groups is 1. The van der Waals surface area contributed by atoms with Crippen LogP contribution in [0.2, 0.25) is 0 Å². The first-order valence-electron chi connectivity index (χ1n) is 4.96. The number of hydrogen-bond donors (Lipinski definition) is 0. The van der Waals surface area contributed by atoms with Crippen molar-refractivity contribution in [3.05, 3.63) is 33.9 Å². The normalized spacial score (nSPS) is 11.2. The predicted molar refractivity (Wildman–Crippen MR) is 66.5 cm³/mol. The maximum absolute atomic E-state index is 12.1. The average molecular weight is 268 g/mol. The lowest BCUT2D eigenvalue weighted by Gasteiger charge is -2.15. The number of sulfonamides is 1. The van der Waals surface area contributed by atoms with Gasteiger partial charge in [0.15, 0.2) is 0 Å². The molecule has 1 aromatic rings. The van der Waals surface area contributed by atoms with Crippen LogP contribution in [0.15, 0.2) is 23.1 Å². The van der Waals surface area contributed by atoms with E-state index in [9.17, 15) is 18.5 Å². The molecule has 0 aromatic heterocycles. The van der Waals surface area contributed by atoms with Crippen LogP contribution in [0.3, 0.4) is 0 Å². The summed E-state index contributed by atoms with van der Waals surface area (Å²) in [5.74, 6) is 2.21. The number of benzene rings is 1. The lowest BCUT2D eigenvalue weighted by molar-refractivity contribution is -0.385. The first-order valence-corrected chi connectivity index (χ1v) is 6.40. The van der Waals surface area contributed by atoms with E-state index < -0.39 is 14.9 Å². The monoisotopic (exact) mass is 268 g/mol. The Bertz CT molecular complexity index is 616. The lowest BCUT2D eigenvalue weighted by atomic mass is 10.2. The van der Waals surface area contributed by atoms with Gasteiger partial charge in [-0.05, 0) is 13.0 Å². The van der Waals surface area contributed by atoms with Crippen molar-refractivity contribution in [2.45, 2.75) is 11.8 Å². The van der Waals surface area contributed by atoms with E-state index >= 15 is 0 Å². The van der Waals surface area contributed by atoms with E-state index in [2.05, 4.69) is 5.92 Å². The van der Waals surface area contributed by atoms with Gasteiger partial charge in [0.25, 0.3) is 5.69 Å². The third-order valence-corrected chi connectivity index (χ3v) is 4.40. The first kappa shape index (κ1) is 14.2. The van der Waals surface area contributed by atoms with E-state index in [-0.39, 0.29) is 22.7 Å². The molecule has 0 saturated carbocycles. The highest BCUT2D eigenvalue weighted by Gasteiger charge is 2.26. The number of rotatable bonds is 4. The molecule has 0 heterocycles. The van der Waals surface area contributed by atoms with Crippen molar-refractivity contribution in [3.63, 3.8) is 0 Å². The van der Waals surface area contributed by atoms with Gasteiger partial charge in [-0.1, -0.05) is 12.0 Å². The molecule has 0 amide bonds. The Morgan fingerprint density at radius 2 is 2.11 bits per heavy atom. The van der Waals surface area contributed by atoms with Crippen LogP contribution >= 0.6 is 0 Å². The van der Waals surface area contributed by atoms with Gasteiger partial charge in [-0.15, -0.1) is 6.42 Å². The SMILES string of the molecule is C#CCN(C)S(=O)(=O)c1cccc([N+](=O)[O-])c1C. The van der Waals surface area contributed by atoms with Crippen molar-refractivity contribution >= 4 is 15.7 Å². The van der Waals surface area contributed by atoms with Crippen molar-refractivity contribution in [1.29, 1.82) is 0 Å². The van der Waals surface area contributed by atoms with Gasteiger partial charge in [-0.3, -0.25) is 10.1 Å². The van der Waals surface area contributed by atoms with Crippen molar-refractivity contribution < 1.29 is 13.3 Å². The zero-order valence-corrected chi connectivity index (χ0v) is 10.8. The minimum Gasteiger partial charge on any atom is -0.258 e. The molecule has 0 fully saturated rings. The molecule has 0 bridgehead atoms. The summed E-state index contributed by atoms with van der Waals surface area (Å²) in [6.07, 6.45) is 5.06. The highest BCUT2D eigenvalue weighted by atomic mass is 32.2. The van der Waals surface area contributed by atoms with Gasteiger partial charge in [-0.2, -0.15) is 4.31 Å². The standard InChI is InChI=1S/C11H12N2O4S/c1-4-8-12(3)18(16,17)11-7-5-6-10(9(11)2)13(14)15/h1,5-7H,8H2,2-3H3. The zero-order valence-electron chi connectivity index (χ0n) is 9.95. The third-order valence-electron chi connectivity index (χ3n) is 2.45. The van der Waals surface area contributed by atoms with E-state index in [0.29, 0.717) is 0 Å². The molecule has 0 spiro atoms. The molecule has 96 valence electrons. The first-order chi connectivity index (χ1) is 8.32. The van der Waals surface area contributed by atoms with Crippen LogP contribution in [0.5, 0.6) is 0 Å². The zero-order chi connectivity index (χ0) is 13.9. The predicted octanol–water partition coefficient (Wildman–Crippen LogP) is 1.16. The summed E-state index contributed by atoms with van der Waals surface area (Å²) in [5.41, 5.74) is -0.128. The van der Waals surface area contributed by atoms with Crippen LogP contribution < -0.4 is 0 Å². The molecule has 1 aromatic carbocycles. The van der Waals surface area contributed by atoms with E-state index in [1.54, 1.807) is 0 Å². The van der Waals surface area contributed by atoms with E-state index in [1.165, 1.54) is 32.2 Å². The largest absolute Gasteiger partial charge is 0.273 e. The van der Waals surface area contributed by atoms with Crippen LogP contribution in [0, 0.1) is 29.4 Å². The van der Waals surface area contributed by atoms with Crippen LogP contribution in [0.1, 0.15) is 5.56 Å². The summed E-state index contributed by atoms with van der Waals surface area (Å²) in [7, 11) is -2.47. The van der Waals surface area contributed by atoms with Gasteiger partial charge < -0.3 is 0 Å². The van der Waals surface area contributed by atoms with Gasteiger partial charge in [0.1, 0.15) is 0 Å². The van der Waals surface area contributed by atoms with Crippen molar-refractivity contribution in [1.82, 2.24) is 4.31 Å². The minimum absolute atomic E-state index is 0.0928. The molecule has 0 aliphatic carbocycles. The highest BCUT2D eigenvalue weighted by molar-refractivity contribution is 7.89. The van der Waals surface area contributed by atoms with E-state index in [0.717, 1.165) is 4.31 Å². The highest BCUT2D eigenvalue weighted by Crippen LogP contribution is 2.26. The summed E-state index contributed by atoms with van der Waals surface area (Å²) in [5, 5.41) is 10.8. The van der Waals surface area contributed by atoms with Gasteiger partial charge >= 0.3 is 0 Å². The Morgan fingerprint density at radius 1 is 1.50 bits per heavy atom. The second-order valence-corrected chi connectivity index (χ2v) is 5.64. The summed E-state index contributed by atoms with van der Waals surface area (Å²) in [6, 6.07) is 3.92. The molecule has 0 atom stereocenters. The molecule has 0 saturated heterocycles. The maximum atomic E-state index is 12.1. The van der Waals surface area contributed by atoms with E-state index in [4.69, 9.17) is 6.42 Å². The summed E-state index contributed by atoms with van der Waals surface area (Å²) < 4.78 is 25.2. The molecule has 0 aliphatic rings. The quantitative estimate of drug-likeness (QED) is 0.466. The molecule has 0 aliphatic heterocycles.